The molecule has 0 bridgehead atoms. The molecule has 0 aliphatic heterocycles. The van der Waals surface area contributed by atoms with E-state index in [0.717, 1.165) is 62.3 Å². The minimum atomic E-state index is -0.833. The van der Waals surface area contributed by atoms with Crippen LogP contribution in [0, 0.1) is 0 Å². The zero-order chi connectivity index (χ0) is 32.2. The summed E-state index contributed by atoms with van der Waals surface area (Å²) in [4.78, 5) is 81.0. The number of carboxylic acids is 9. The van der Waals surface area contributed by atoms with Gasteiger partial charge in [-0.3, -0.25) is 43.2 Å². The van der Waals surface area contributed by atoms with Crippen LogP contribution in [0.4, 0.5) is 0 Å². The first-order valence-corrected chi connectivity index (χ1v) is 8.35. The number of hydrogen-bond donors (Lipinski definition) is 9. The summed E-state index contributed by atoms with van der Waals surface area (Å²) in [5.74, 6) is -7.50. The molecule has 0 saturated carbocycles. The van der Waals surface area contributed by atoms with Crippen molar-refractivity contribution in [3.63, 3.8) is 0 Å². The van der Waals surface area contributed by atoms with Gasteiger partial charge in [-0.2, -0.15) is 0 Å². The Kier molecular flexibility index (Phi) is 101. The van der Waals surface area contributed by atoms with E-state index in [0.29, 0.717) is 0 Å². The second-order valence-corrected chi connectivity index (χ2v) is 4.67. The molecule has 0 spiro atoms. The molecule has 0 rings (SSSR count). The Morgan fingerprint density at radius 1 is 0.270 bits per heavy atom. The van der Waals surface area contributed by atoms with Gasteiger partial charge in [-0.25, -0.2) is 0 Å². The van der Waals surface area contributed by atoms with E-state index < -0.39 is 53.7 Å². The SMILES string of the molecule is CC(=O)O.CC(=O)O.CC(=O)O.CC(=O)O.CC(=O)O.CC(=O)O.CC(=O)O.CC(=O)O.CC(=O)O.[H-].[Na+]. The molecule has 0 aromatic rings. The van der Waals surface area contributed by atoms with Gasteiger partial charge in [-0.1, -0.05) is 0 Å². The molecule has 19 heteroatoms. The second kappa shape index (κ2) is 58.3. The van der Waals surface area contributed by atoms with Gasteiger partial charge >= 0.3 is 29.6 Å². The van der Waals surface area contributed by atoms with E-state index in [9.17, 15) is 0 Å². The molecule has 37 heavy (non-hydrogen) atoms. The van der Waals surface area contributed by atoms with Gasteiger partial charge in [-0.15, -0.1) is 0 Å². The molecule has 0 aliphatic rings. The number of aliphatic carboxylic acids is 9. The Hall–Kier alpha value is -3.77. The molecular weight excluding hydrogens is 527 g/mol. The van der Waals surface area contributed by atoms with Crippen LogP contribution in [-0.4, -0.2) is 99.7 Å². The molecular formula is C18H37NaO18. The van der Waals surface area contributed by atoms with Crippen molar-refractivity contribution in [2.75, 3.05) is 0 Å². The van der Waals surface area contributed by atoms with Gasteiger partial charge in [0.15, 0.2) is 0 Å². The Morgan fingerprint density at radius 3 is 0.270 bits per heavy atom. The molecule has 0 radical (unpaired) electrons. The van der Waals surface area contributed by atoms with E-state index in [1.165, 1.54) is 0 Å². The van der Waals surface area contributed by atoms with E-state index >= 15 is 0 Å². The molecule has 0 aliphatic carbocycles. The van der Waals surface area contributed by atoms with Gasteiger partial charge < -0.3 is 47.4 Å². The quantitative estimate of drug-likeness (QED) is 0.143. The first-order valence-electron chi connectivity index (χ1n) is 8.35. The van der Waals surface area contributed by atoms with Crippen LogP contribution in [-0.2, 0) is 43.2 Å². The molecule has 0 fully saturated rings. The smallest absolute Gasteiger partial charge is 1.00 e. The van der Waals surface area contributed by atoms with Crippen LogP contribution < -0.4 is 29.6 Å². The van der Waals surface area contributed by atoms with E-state index in [-0.39, 0.29) is 31.0 Å². The Bertz CT molecular complexity index is 428. The maximum Gasteiger partial charge on any atom is 1.00 e. The molecule has 0 saturated heterocycles. The third-order valence-electron chi connectivity index (χ3n) is 0. The summed E-state index contributed by atoms with van der Waals surface area (Å²) in [6, 6.07) is 0. The maximum atomic E-state index is 9.00. The van der Waals surface area contributed by atoms with E-state index in [1.807, 2.05) is 0 Å². The van der Waals surface area contributed by atoms with Crippen molar-refractivity contribution >= 4 is 53.7 Å². The third kappa shape index (κ3) is 2070. The van der Waals surface area contributed by atoms with Crippen LogP contribution >= 0.6 is 0 Å². The fourth-order valence-corrected chi connectivity index (χ4v) is 0. The minimum Gasteiger partial charge on any atom is -1.00 e. The Balaban J connectivity index is -0.0000000238. The van der Waals surface area contributed by atoms with Crippen LogP contribution in [0.1, 0.15) is 63.7 Å². The molecule has 18 nitrogen and oxygen atoms in total. The standard InChI is InChI=1S/9C2H4O2.Na.H/c9*1-2(3)4;;/h9*1H3,(H,3,4);;/q;;;;;;;;;+1;-1. The van der Waals surface area contributed by atoms with Crippen molar-refractivity contribution in [1.82, 2.24) is 0 Å². The molecule has 0 atom stereocenters. The van der Waals surface area contributed by atoms with Crippen molar-refractivity contribution in [1.29, 1.82) is 0 Å². The average Bonchev–Trinajstić information content (AvgIpc) is 2.39. The molecule has 0 heterocycles. The predicted molar refractivity (Wildman–Crippen MR) is 121 cm³/mol. The van der Waals surface area contributed by atoms with Crippen LogP contribution in [0.5, 0.6) is 0 Å². The summed E-state index contributed by atoms with van der Waals surface area (Å²) in [6.45, 7) is 9.75. The van der Waals surface area contributed by atoms with Crippen LogP contribution in [0.15, 0.2) is 0 Å². The third-order valence-corrected chi connectivity index (χ3v) is 0. The number of hydrogen-bond acceptors (Lipinski definition) is 9. The summed E-state index contributed by atoms with van der Waals surface area (Å²) in [6.07, 6.45) is 0. The van der Waals surface area contributed by atoms with E-state index in [1.54, 1.807) is 0 Å². The Morgan fingerprint density at radius 2 is 0.270 bits per heavy atom. The molecule has 0 amide bonds. The predicted octanol–water partition coefficient (Wildman–Crippen LogP) is -2.07. The number of rotatable bonds is 0. The fourth-order valence-electron chi connectivity index (χ4n) is 0. The molecule has 0 aromatic carbocycles. The first-order chi connectivity index (χ1) is 15.6. The largest absolute Gasteiger partial charge is 1.00 e. The van der Waals surface area contributed by atoms with Crippen LogP contribution in [0.3, 0.4) is 0 Å². The number of carbonyl (C=O) groups is 9. The minimum absolute atomic E-state index is 0. The van der Waals surface area contributed by atoms with Crippen molar-refractivity contribution in [2.45, 2.75) is 62.3 Å². The molecule has 0 aromatic heterocycles. The molecule has 9 N–H and O–H groups in total. The van der Waals surface area contributed by atoms with Gasteiger partial charge in [0, 0.05) is 62.3 Å². The normalized spacial score (nSPS) is 6.08. The Labute approximate surface area is 235 Å². The van der Waals surface area contributed by atoms with Crippen molar-refractivity contribution in [3.05, 3.63) is 0 Å². The summed E-state index contributed by atoms with van der Waals surface area (Å²) in [5.41, 5.74) is 0. The summed E-state index contributed by atoms with van der Waals surface area (Å²) in [5, 5.41) is 66.7. The second-order valence-electron chi connectivity index (χ2n) is 4.67. The molecule has 218 valence electrons. The monoisotopic (exact) mass is 564 g/mol. The topological polar surface area (TPSA) is 336 Å². The zero-order valence-corrected chi connectivity index (χ0v) is 24.2. The average molecular weight is 564 g/mol. The van der Waals surface area contributed by atoms with Gasteiger partial charge in [0.05, 0.1) is 0 Å². The molecule has 0 unspecified atom stereocenters. The maximum absolute atomic E-state index is 9.00. The van der Waals surface area contributed by atoms with E-state index in [4.69, 9.17) is 89.1 Å². The van der Waals surface area contributed by atoms with Gasteiger partial charge in [0.1, 0.15) is 0 Å². The number of carboxylic acid groups (broad SMARTS) is 9. The van der Waals surface area contributed by atoms with E-state index in [2.05, 4.69) is 0 Å². The van der Waals surface area contributed by atoms with Crippen LogP contribution in [0.25, 0.3) is 0 Å². The van der Waals surface area contributed by atoms with Crippen molar-refractivity contribution in [3.8, 4) is 0 Å². The van der Waals surface area contributed by atoms with Gasteiger partial charge in [-0.05, 0) is 0 Å². The van der Waals surface area contributed by atoms with Gasteiger partial charge in [0.2, 0.25) is 0 Å². The fraction of sp³-hybridized carbons (Fsp3) is 0.500. The van der Waals surface area contributed by atoms with Gasteiger partial charge in [0.25, 0.3) is 53.7 Å². The van der Waals surface area contributed by atoms with Crippen LogP contribution in [0.2, 0.25) is 0 Å². The summed E-state index contributed by atoms with van der Waals surface area (Å²) >= 11 is 0. The first kappa shape index (κ1) is 64.0. The van der Waals surface area contributed by atoms with Crippen molar-refractivity contribution in [2.24, 2.45) is 0 Å². The summed E-state index contributed by atoms with van der Waals surface area (Å²) < 4.78 is 0. The zero-order valence-electron chi connectivity index (χ0n) is 23.2. The van der Waals surface area contributed by atoms with Crippen molar-refractivity contribution < 1.29 is 120 Å². The summed E-state index contributed by atoms with van der Waals surface area (Å²) in [7, 11) is 0.